The topological polar surface area (TPSA) is 20.2 Å². The van der Waals surface area contributed by atoms with Gasteiger partial charge in [-0.2, -0.15) is 0 Å². The molecule has 94 valence electrons. The van der Waals surface area contributed by atoms with Gasteiger partial charge in [-0.05, 0) is 56.1 Å². The van der Waals surface area contributed by atoms with E-state index in [9.17, 15) is 5.11 Å². The van der Waals surface area contributed by atoms with Gasteiger partial charge in [0.05, 0.1) is 9.94 Å². The molecule has 1 aromatic heterocycles. The molecular formula is C14H19ClOS. The van der Waals surface area contributed by atoms with Crippen molar-refractivity contribution in [1.82, 2.24) is 0 Å². The number of aliphatic hydroxyl groups is 1. The third kappa shape index (κ3) is 2.86. The first-order valence-electron chi connectivity index (χ1n) is 6.61. The summed E-state index contributed by atoms with van der Waals surface area (Å²) >= 11 is 7.56. The molecule has 0 amide bonds. The van der Waals surface area contributed by atoms with Crippen LogP contribution in [0, 0.1) is 11.8 Å². The van der Waals surface area contributed by atoms with Crippen LogP contribution in [0.4, 0.5) is 0 Å². The van der Waals surface area contributed by atoms with Gasteiger partial charge in [0.15, 0.2) is 0 Å². The van der Waals surface area contributed by atoms with Crippen LogP contribution >= 0.6 is 22.9 Å². The Labute approximate surface area is 112 Å². The molecule has 2 fully saturated rings. The smallest absolute Gasteiger partial charge is 0.0931 e. The van der Waals surface area contributed by atoms with Crippen molar-refractivity contribution >= 4 is 22.9 Å². The molecule has 0 bridgehead atoms. The van der Waals surface area contributed by atoms with Crippen LogP contribution < -0.4 is 0 Å². The Bertz CT molecular complexity index is 399. The maximum atomic E-state index is 10.7. The fourth-order valence-corrected chi connectivity index (χ4v) is 4.51. The molecule has 0 aromatic carbocycles. The summed E-state index contributed by atoms with van der Waals surface area (Å²) in [6, 6.07) is 4.00. The van der Waals surface area contributed by atoms with Crippen LogP contribution in [0.2, 0.25) is 4.34 Å². The zero-order valence-corrected chi connectivity index (χ0v) is 11.6. The van der Waals surface area contributed by atoms with Gasteiger partial charge in [-0.1, -0.05) is 18.0 Å². The van der Waals surface area contributed by atoms with E-state index >= 15 is 0 Å². The molecule has 0 saturated heterocycles. The number of hydrogen-bond acceptors (Lipinski definition) is 2. The third-order valence-corrected chi connectivity index (χ3v) is 5.51. The first-order valence-corrected chi connectivity index (χ1v) is 7.81. The highest BCUT2D eigenvalue weighted by Crippen LogP contribution is 2.47. The molecule has 2 saturated carbocycles. The Morgan fingerprint density at radius 1 is 1.29 bits per heavy atom. The molecule has 3 rings (SSSR count). The Morgan fingerprint density at radius 3 is 2.76 bits per heavy atom. The number of thiophene rings is 1. The van der Waals surface area contributed by atoms with E-state index in [2.05, 4.69) is 6.07 Å². The van der Waals surface area contributed by atoms with E-state index in [-0.39, 0.29) is 0 Å². The first kappa shape index (κ1) is 12.0. The minimum atomic E-state index is -0.459. The maximum absolute atomic E-state index is 10.7. The molecule has 0 spiro atoms. The molecule has 1 N–H and O–H groups in total. The Morgan fingerprint density at radius 2 is 2.12 bits per heavy atom. The summed E-state index contributed by atoms with van der Waals surface area (Å²) in [6.07, 6.45) is 8.08. The van der Waals surface area contributed by atoms with Crippen LogP contribution in [0.5, 0.6) is 0 Å². The van der Waals surface area contributed by atoms with Crippen molar-refractivity contribution in [3.05, 3.63) is 21.3 Å². The summed E-state index contributed by atoms with van der Waals surface area (Å²) < 4.78 is 0.832. The quantitative estimate of drug-likeness (QED) is 0.869. The van der Waals surface area contributed by atoms with E-state index in [1.165, 1.54) is 30.6 Å². The van der Waals surface area contributed by atoms with E-state index in [4.69, 9.17) is 11.6 Å². The number of rotatable bonds is 3. The van der Waals surface area contributed by atoms with Gasteiger partial charge in [0.25, 0.3) is 0 Å². The second kappa shape index (κ2) is 4.56. The van der Waals surface area contributed by atoms with Gasteiger partial charge >= 0.3 is 0 Å². The van der Waals surface area contributed by atoms with Gasteiger partial charge in [-0.15, -0.1) is 11.3 Å². The summed E-state index contributed by atoms with van der Waals surface area (Å²) in [6.45, 7) is 0. The molecule has 3 heteroatoms. The standard InChI is InChI=1S/C14H19ClOS/c15-13-6-5-12(17-13)9-14(16)7-1-2-11(8-14)10-3-4-10/h5-6,10-11,16H,1-4,7-9H2. The molecule has 2 unspecified atom stereocenters. The molecular weight excluding hydrogens is 252 g/mol. The summed E-state index contributed by atoms with van der Waals surface area (Å²) in [5.74, 6) is 1.71. The highest BCUT2D eigenvalue weighted by molar-refractivity contribution is 7.16. The molecule has 0 aliphatic heterocycles. The van der Waals surface area contributed by atoms with Crippen molar-refractivity contribution in [2.24, 2.45) is 11.8 Å². The molecule has 2 aliphatic carbocycles. The Kier molecular flexibility index (Phi) is 3.22. The molecule has 1 heterocycles. The van der Waals surface area contributed by atoms with Crippen molar-refractivity contribution in [2.45, 2.75) is 50.5 Å². The largest absolute Gasteiger partial charge is 0.390 e. The Hall–Kier alpha value is -0.0500. The Balaban J connectivity index is 1.67. The second-order valence-electron chi connectivity index (χ2n) is 5.80. The van der Waals surface area contributed by atoms with Crippen molar-refractivity contribution in [3.8, 4) is 0 Å². The van der Waals surface area contributed by atoms with Gasteiger partial charge in [0.1, 0.15) is 0 Å². The molecule has 0 radical (unpaired) electrons. The highest BCUT2D eigenvalue weighted by Gasteiger charge is 2.41. The molecule has 1 aromatic rings. The monoisotopic (exact) mass is 270 g/mol. The van der Waals surface area contributed by atoms with E-state index in [0.717, 1.165) is 35.4 Å². The highest BCUT2D eigenvalue weighted by atomic mass is 35.5. The summed E-state index contributed by atoms with van der Waals surface area (Å²) in [5.41, 5.74) is -0.459. The molecule has 17 heavy (non-hydrogen) atoms. The van der Waals surface area contributed by atoms with Crippen molar-refractivity contribution < 1.29 is 5.11 Å². The summed E-state index contributed by atoms with van der Waals surface area (Å²) in [4.78, 5) is 1.23. The van der Waals surface area contributed by atoms with E-state index < -0.39 is 5.60 Å². The number of halogens is 1. The maximum Gasteiger partial charge on any atom is 0.0931 e. The normalized spacial score (nSPS) is 33.9. The zero-order chi connectivity index (χ0) is 11.9. The summed E-state index contributed by atoms with van der Waals surface area (Å²) in [5, 5.41) is 10.7. The van der Waals surface area contributed by atoms with Gasteiger partial charge in [0, 0.05) is 11.3 Å². The van der Waals surface area contributed by atoms with Crippen molar-refractivity contribution in [2.75, 3.05) is 0 Å². The SMILES string of the molecule is OC1(Cc2ccc(Cl)s2)CCCC(C2CC2)C1. The third-order valence-electron chi connectivity index (χ3n) is 4.28. The fourth-order valence-electron chi connectivity index (χ4n) is 3.29. The lowest BCUT2D eigenvalue weighted by atomic mass is 9.74. The molecule has 2 atom stereocenters. The average molecular weight is 271 g/mol. The van der Waals surface area contributed by atoms with Gasteiger partial charge in [-0.25, -0.2) is 0 Å². The lowest BCUT2D eigenvalue weighted by Gasteiger charge is -2.37. The van der Waals surface area contributed by atoms with Gasteiger partial charge in [-0.3, -0.25) is 0 Å². The van der Waals surface area contributed by atoms with Crippen LogP contribution in [-0.4, -0.2) is 10.7 Å². The predicted molar refractivity (Wildman–Crippen MR) is 72.7 cm³/mol. The lowest BCUT2D eigenvalue weighted by molar-refractivity contribution is -0.0189. The van der Waals surface area contributed by atoms with E-state index in [0.29, 0.717) is 0 Å². The first-order chi connectivity index (χ1) is 8.15. The molecule has 1 nitrogen and oxygen atoms in total. The van der Waals surface area contributed by atoms with Gasteiger partial charge < -0.3 is 5.11 Å². The van der Waals surface area contributed by atoms with E-state index in [1.807, 2.05) is 6.07 Å². The lowest BCUT2D eigenvalue weighted by Crippen LogP contribution is -2.37. The average Bonchev–Trinajstić information content (AvgIpc) is 3.04. The van der Waals surface area contributed by atoms with Crippen LogP contribution in [0.15, 0.2) is 12.1 Å². The number of hydrogen-bond donors (Lipinski definition) is 1. The van der Waals surface area contributed by atoms with Crippen LogP contribution in [0.3, 0.4) is 0 Å². The minimum absolute atomic E-state index is 0.459. The van der Waals surface area contributed by atoms with Crippen LogP contribution in [-0.2, 0) is 6.42 Å². The van der Waals surface area contributed by atoms with Crippen molar-refractivity contribution in [1.29, 1.82) is 0 Å². The minimum Gasteiger partial charge on any atom is -0.390 e. The predicted octanol–water partition coefficient (Wildman–Crippen LogP) is 4.28. The van der Waals surface area contributed by atoms with Crippen molar-refractivity contribution in [3.63, 3.8) is 0 Å². The van der Waals surface area contributed by atoms with Crippen LogP contribution in [0.1, 0.15) is 43.4 Å². The van der Waals surface area contributed by atoms with Gasteiger partial charge in [0.2, 0.25) is 0 Å². The fraction of sp³-hybridized carbons (Fsp3) is 0.714. The second-order valence-corrected chi connectivity index (χ2v) is 7.60. The van der Waals surface area contributed by atoms with Crippen LogP contribution in [0.25, 0.3) is 0 Å². The zero-order valence-electron chi connectivity index (χ0n) is 9.99. The van der Waals surface area contributed by atoms with E-state index in [1.54, 1.807) is 11.3 Å². The molecule has 2 aliphatic rings. The summed E-state index contributed by atoms with van der Waals surface area (Å²) in [7, 11) is 0.